The number of rotatable bonds is 7. The molecule has 2 unspecified atom stereocenters. The van der Waals surface area contributed by atoms with Crippen LogP contribution in [0.25, 0.3) is 0 Å². The van der Waals surface area contributed by atoms with Crippen molar-refractivity contribution >= 4 is 29.0 Å². The van der Waals surface area contributed by atoms with E-state index < -0.39 is 24.4 Å². The van der Waals surface area contributed by atoms with E-state index in [1.807, 2.05) is 31.2 Å². The topological polar surface area (TPSA) is 149 Å². The van der Waals surface area contributed by atoms with E-state index in [0.717, 1.165) is 15.5 Å². The fourth-order valence-electron chi connectivity index (χ4n) is 3.88. The average Bonchev–Trinajstić information content (AvgIpc) is 2.97. The summed E-state index contributed by atoms with van der Waals surface area (Å²) < 4.78 is 0. The molecule has 0 radical (unpaired) electrons. The van der Waals surface area contributed by atoms with Crippen molar-refractivity contribution in [3.63, 3.8) is 0 Å². The van der Waals surface area contributed by atoms with Gasteiger partial charge in [-0.3, -0.25) is 5.32 Å². The van der Waals surface area contributed by atoms with Gasteiger partial charge >= 0.3 is 0 Å². The van der Waals surface area contributed by atoms with Crippen molar-refractivity contribution < 1.29 is 15.3 Å². The van der Waals surface area contributed by atoms with Gasteiger partial charge in [0.25, 0.3) is 0 Å². The maximum Gasteiger partial charge on any atom is 0.138 e. The third-order valence-corrected chi connectivity index (χ3v) is 6.58. The second-order valence-electron chi connectivity index (χ2n) is 7.46. The zero-order chi connectivity index (χ0) is 21.1. The highest BCUT2D eigenvalue weighted by Gasteiger charge is 2.43. The van der Waals surface area contributed by atoms with Gasteiger partial charge in [-0.1, -0.05) is 30.5 Å². The Kier molecular flexibility index (Phi) is 7.10. The Bertz CT molecular complexity index is 815. The van der Waals surface area contributed by atoms with E-state index in [1.165, 1.54) is 11.8 Å². The summed E-state index contributed by atoms with van der Waals surface area (Å²) in [4.78, 5) is 10.8. The molecule has 1 aliphatic heterocycles. The molecule has 158 valence electrons. The van der Waals surface area contributed by atoms with Crippen LogP contribution < -0.4 is 16.8 Å². The van der Waals surface area contributed by atoms with Crippen LogP contribution in [-0.2, 0) is 0 Å². The molecular formula is C20H29N5O3S. The lowest BCUT2D eigenvalue weighted by atomic mass is 9.98. The quantitative estimate of drug-likeness (QED) is 0.276. The molecule has 0 bridgehead atoms. The highest BCUT2D eigenvalue weighted by Crippen LogP contribution is 2.38. The van der Waals surface area contributed by atoms with Crippen LogP contribution in [0, 0.1) is 11.8 Å². The van der Waals surface area contributed by atoms with Gasteiger partial charge in [0.2, 0.25) is 0 Å². The Labute approximate surface area is 174 Å². The highest BCUT2D eigenvalue weighted by molar-refractivity contribution is 8.03. The van der Waals surface area contributed by atoms with Gasteiger partial charge in [-0.05, 0) is 30.4 Å². The van der Waals surface area contributed by atoms with E-state index in [0.29, 0.717) is 17.9 Å². The minimum Gasteiger partial charge on any atom is -0.398 e. The molecule has 1 fully saturated rings. The molecule has 0 aromatic heterocycles. The zero-order valence-corrected chi connectivity index (χ0v) is 17.2. The molecule has 1 aliphatic carbocycles. The van der Waals surface area contributed by atoms with Crippen LogP contribution in [0.2, 0.25) is 0 Å². The third-order valence-electron chi connectivity index (χ3n) is 5.47. The smallest absolute Gasteiger partial charge is 0.138 e. The van der Waals surface area contributed by atoms with Gasteiger partial charge in [0.15, 0.2) is 0 Å². The molecule has 0 saturated heterocycles. The lowest BCUT2D eigenvalue weighted by molar-refractivity contribution is -0.00134. The maximum atomic E-state index is 10.4. The summed E-state index contributed by atoms with van der Waals surface area (Å²) >= 11 is 1.46. The molecule has 29 heavy (non-hydrogen) atoms. The number of amidine groups is 1. The summed E-state index contributed by atoms with van der Waals surface area (Å²) in [6, 6.07) is 7.15. The van der Waals surface area contributed by atoms with Gasteiger partial charge in [-0.25, -0.2) is 9.98 Å². The molecule has 2 aliphatic rings. The van der Waals surface area contributed by atoms with E-state index in [2.05, 4.69) is 21.9 Å². The number of aliphatic hydroxyl groups is 3. The monoisotopic (exact) mass is 419 g/mol. The van der Waals surface area contributed by atoms with Crippen molar-refractivity contribution in [2.24, 2.45) is 27.6 Å². The van der Waals surface area contributed by atoms with Crippen LogP contribution in [0.3, 0.4) is 0 Å². The molecular weight excluding hydrogens is 390 g/mol. The molecule has 0 spiro atoms. The number of aliphatic hydroxyl groups excluding tert-OH is 3. The summed E-state index contributed by atoms with van der Waals surface area (Å²) in [6.45, 7) is 6.16. The number of para-hydroxylation sites is 1. The fourth-order valence-corrected chi connectivity index (χ4v) is 4.92. The van der Waals surface area contributed by atoms with Crippen molar-refractivity contribution in [3.05, 3.63) is 35.7 Å². The maximum absolute atomic E-state index is 10.4. The number of thioether (sulfide) groups is 1. The number of benzene rings is 1. The standard InChI is InChI=1S/C20H29N5O3S/c1-10-17(11(2)29-15-6-4-3-5-13(15)22)20(25-16(8-21)23-10)24-14-7-12(9-26)18(27)19(14)28/h3-6,12,14,17-20,24,26-28H,2,7-9,21-22H2,1H3/t12-,14-,17?,18-,19+,20?/m1/s1. The largest absolute Gasteiger partial charge is 0.398 e. The van der Waals surface area contributed by atoms with Crippen molar-refractivity contribution in [1.29, 1.82) is 0 Å². The van der Waals surface area contributed by atoms with E-state index >= 15 is 0 Å². The van der Waals surface area contributed by atoms with E-state index in [9.17, 15) is 15.3 Å². The predicted molar refractivity (Wildman–Crippen MR) is 117 cm³/mol. The number of anilines is 1. The van der Waals surface area contributed by atoms with Gasteiger partial charge in [0.1, 0.15) is 12.0 Å². The summed E-state index contributed by atoms with van der Waals surface area (Å²) in [6.07, 6.45) is -1.97. The first-order chi connectivity index (χ1) is 13.8. The first kappa shape index (κ1) is 21.9. The van der Waals surface area contributed by atoms with Gasteiger partial charge in [-0.2, -0.15) is 0 Å². The lowest BCUT2D eigenvalue weighted by Crippen LogP contribution is -2.50. The van der Waals surface area contributed by atoms with Crippen molar-refractivity contribution in [3.8, 4) is 0 Å². The Morgan fingerprint density at radius 3 is 2.66 bits per heavy atom. The number of nitrogens with two attached hydrogens (primary N) is 2. The molecule has 1 aromatic carbocycles. The Balaban J connectivity index is 1.82. The Morgan fingerprint density at radius 1 is 1.31 bits per heavy atom. The van der Waals surface area contributed by atoms with Crippen molar-refractivity contribution in [2.45, 2.75) is 42.7 Å². The average molecular weight is 420 g/mol. The van der Waals surface area contributed by atoms with Gasteiger partial charge < -0.3 is 26.8 Å². The minimum absolute atomic E-state index is 0.182. The van der Waals surface area contributed by atoms with Crippen molar-refractivity contribution in [2.75, 3.05) is 18.9 Å². The Hall–Kier alpha value is -1.75. The first-order valence-electron chi connectivity index (χ1n) is 9.61. The van der Waals surface area contributed by atoms with E-state index in [4.69, 9.17) is 11.5 Å². The van der Waals surface area contributed by atoms with Gasteiger partial charge in [0.05, 0.1) is 24.7 Å². The molecule has 1 aromatic rings. The summed E-state index contributed by atoms with van der Waals surface area (Å²) in [5.74, 6) is -0.105. The molecule has 1 saturated carbocycles. The normalized spacial score (nSPS) is 32.0. The molecule has 1 heterocycles. The number of nitrogen functional groups attached to an aromatic ring is 1. The fraction of sp³-hybridized carbons (Fsp3) is 0.500. The highest BCUT2D eigenvalue weighted by atomic mass is 32.2. The van der Waals surface area contributed by atoms with Gasteiger partial charge in [0, 0.05) is 34.9 Å². The van der Waals surface area contributed by atoms with Crippen LogP contribution in [0.1, 0.15) is 13.3 Å². The summed E-state index contributed by atoms with van der Waals surface area (Å²) in [7, 11) is 0. The summed E-state index contributed by atoms with van der Waals surface area (Å²) in [5.41, 5.74) is 13.3. The number of nitrogens with one attached hydrogen (secondary N) is 1. The lowest BCUT2D eigenvalue weighted by Gasteiger charge is -2.33. The second-order valence-corrected chi connectivity index (χ2v) is 8.63. The summed E-state index contributed by atoms with van der Waals surface area (Å²) in [5, 5.41) is 33.3. The van der Waals surface area contributed by atoms with Crippen LogP contribution in [-0.4, -0.2) is 64.4 Å². The predicted octanol–water partition coefficient (Wildman–Crippen LogP) is 0.341. The van der Waals surface area contributed by atoms with Crippen LogP contribution in [0.4, 0.5) is 5.69 Å². The zero-order valence-electron chi connectivity index (χ0n) is 16.4. The molecule has 6 atom stereocenters. The first-order valence-corrected chi connectivity index (χ1v) is 10.4. The van der Waals surface area contributed by atoms with Crippen LogP contribution in [0.5, 0.6) is 0 Å². The number of aliphatic imine (C=N–C) groups is 2. The number of hydrogen-bond donors (Lipinski definition) is 6. The molecule has 8 N–H and O–H groups in total. The van der Waals surface area contributed by atoms with Crippen LogP contribution in [0.15, 0.2) is 50.6 Å². The molecule has 3 rings (SSSR count). The van der Waals surface area contributed by atoms with Crippen molar-refractivity contribution in [1.82, 2.24) is 5.32 Å². The minimum atomic E-state index is -0.991. The molecule has 0 amide bonds. The second kappa shape index (κ2) is 9.38. The van der Waals surface area contributed by atoms with Gasteiger partial charge in [-0.15, -0.1) is 0 Å². The van der Waals surface area contributed by atoms with E-state index in [1.54, 1.807) is 0 Å². The van der Waals surface area contributed by atoms with Crippen LogP contribution >= 0.6 is 11.8 Å². The Morgan fingerprint density at radius 2 is 2.03 bits per heavy atom. The SMILES string of the molecule is C=C(Sc1ccccc1N)C1C(C)=NC(CN)=NC1N[C@@H]1C[C@H](CO)[C@@H](O)[C@H]1O. The molecule has 9 heteroatoms. The molecule has 8 nitrogen and oxygen atoms in total. The van der Waals surface area contributed by atoms with E-state index in [-0.39, 0.29) is 25.0 Å². The third kappa shape index (κ3) is 4.71. The number of nitrogens with zero attached hydrogens (tertiary/aromatic N) is 2. The number of hydrogen-bond acceptors (Lipinski definition) is 9.